The van der Waals surface area contributed by atoms with Crippen molar-refractivity contribution in [1.82, 2.24) is 19.1 Å². The highest BCUT2D eigenvalue weighted by Crippen LogP contribution is 2.20. The Labute approximate surface area is 122 Å². The summed E-state index contributed by atoms with van der Waals surface area (Å²) in [7, 11) is 0. The van der Waals surface area contributed by atoms with Crippen molar-refractivity contribution in [2.45, 2.75) is 25.9 Å². The molecular weight excluding hydrogens is 264 g/mol. The van der Waals surface area contributed by atoms with E-state index in [1.807, 2.05) is 29.2 Å². The van der Waals surface area contributed by atoms with Crippen LogP contribution in [0.5, 0.6) is 0 Å². The van der Waals surface area contributed by atoms with E-state index in [-0.39, 0.29) is 0 Å². The number of nitrogen functional groups attached to an aromatic ring is 1. The van der Waals surface area contributed by atoms with E-state index in [1.54, 1.807) is 12.3 Å². The highest BCUT2D eigenvalue weighted by Gasteiger charge is 2.08. The molecule has 0 aliphatic heterocycles. The van der Waals surface area contributed by atoms with Crippen LogP contribution in [0.15, 0.2) is 36.9 Å². The maximum Gasteiger partial charge on any atom is 0.201 e. The van der Waals surface area contributed by atoms with Gasteiger partial charge in [0.05, 0.1) is 29.0 Å². The van der Waals surface area contributed by atoms with Gasteiger partial charge in [-0.1, -0.05) is 0 Å². The van der Waals surface area contributed by atoms with Crippen LogP contribution >= 0.6 is 0 Å². The molecule has 0 radical (unpaired) electrons. The van der Waals surface area contributed by atoms with Gasteiger partial charge in [-0.2, -0.15) is 5.26 Å². The number of aromatic nitrogens is 4. The standard InChI is InChI=1S/C15H16N6/c16-10-12-3-4-13-14(9-12)21(15(17)19-13)7-2-1-6-20-8-5-18-11-20/h3-5,8-9,11H,1-2,6-7H2,(H2,17,19). The van der Waals surface area contributed by atoms with Crippen LogP contribution < -0.4 is 5.73 Å². The highest BCUT2D eigenvalue weighted by atomic mass is 15.1. The third-order valence-corrected chi connectivity index (χ3v) is 3.51. The number of nitrogens with two attached hydrogens (primary N) is 1. The Morgan fingerprint density at radius 3 is 2.86 bits per heavy atom. The van der Waals surface area contributed by atoms with E-state index < -0.39 is 0 Å². The van der Waals surface area contributed by atoms with Gasteiger partial charge in [-0.3, -0.25) is 0 Å². The molecule has 0 fully saturated rings. The maximum absolute atomic E-state index is 8.99. The Morgan fingerprint density at radius 2 is 2.10 bits per heavy atom. The van der Waals surface area contributed by atoms with Crippen LogP contribution in [0.25, 0.3) is 11.0 Å². The molecule has 0 spiro atoms. The predicted molar refractivity (Wildman–Crippen MR) is 80.3 cm³/mol. The van der Waals surface area contributed by atoms with Crippen LogP contribution in [0.2, 0.25) is 0 Å². The summed E-state index contributed by atoms with van der Waals surface area (Å²) in [6.07, 6.45) is 7.59. The molecule has 3 rings (SSSR count). The normalized spacial score (nSPS) is 10.8. The number of unbranched alkanes of at least 4 members (excludes halogenated alkanes) is 1. The number of nitriles is 1. The van der Waals surface area contributed by atoms with Gasteiger partial charge in [0.15, 0.2) is 0 Å². The van der Waals surface area contributed by atoms with E-state index in [2.05, 4.69) is 20.6 Å². The van der Waals surface area contributed by atoms with Crippen molar-refractivity contribution in [3.8, 4) is 6.07 Å². The second-order valence-electron chi connectivity index (χ2n) is 4.94. The Hall–Kier alpha value is -2.81. The number of hydrogen-bond acceptors (Lipinski definition) is 4. The Kier molecular flexibility index (Phi) is 3.56. The summed E-state index contributed by atoms with van der Waals surface area (Å²) < 4.78 is 4.03. The SMILES string of the molecule is N#Cc1ccc2nc(N)n(CCCCn3ccnc3)c2c1. The molecule has 106 valence electrons. The summed E-state index contributed by atoms with van der Waals surface area (Å²) in [5.41, 5.74) is 8.36. The minimum absolute atomic E-state index is 0.503. The molecule has 0 amide bonds. The fraction of sp³-hybridized carbons (Fsp3) is 0.267. The average Bonchev–Trinajstić information content (AvgIpc) is 3.11. The van der Waals surface area contributed by atoms with Gasteiger partial charge in [-0.15, -0.1) is 0 Å². The van der Waals surface area contributed by atoms with Gasteiger partial charge < -0.3 is 14.9 Å². The van der Waals surface area contributed by atoms with Gasteiger partial charge >= 0.3 is 0 Å². The monoisotopic (exact) mass is 280 g/mol. The van der Waals surface area contributed by atoms with Crippen molar-refractivity contribution < 1.29 is 0 Å². The van der Waals surface area contributed by atoms with Crippen molar-refractivity contribution >= 4 is 17.0 Å². The van der Waals surface area contributed by atoms with Crippen molar-refractivity contribution in [3.05, 3.63) is 42.5 Å². The molecule has 0 bridgehead atoms. The van der Waals surface area contributed by atoms with E-state index in [1.165, 1.54) is 0 Å². The lowest BCUT2D eigenvalue weighted by Crippen LogP contribution is -2.05. The topological polar surface area (TPSA) is 85.5 Å². The summed E-state index contributed by atoms with van der Waals surface area (Å²) in [5, 5.41) is 8.99. The van der Waals surface area contributed by atoms with E-state index in [0.717, 1.165) is 37.0 Å². The van der Waals surface area contributed by atoms with Crippen molar-refractivity contribution in [1.29, 1.82) is 5.26 Å². The highest BCUT2D eigenvalue weighted by molar-refractivity contribution is 5.79. The molecule has 0 aliphatic carbocycles. The number of benzene rings is 1. The third-order valence-electron chi connectivity index (χ3n) is 3.51. The summed E-state index contributed by atoms with van der Waals surface area (Å²) in [6, 6.07) is 7.59. The fourth-order valence-corrected chi connectivity index (χ4v) is 2.43. The first-order chi connectivity index (χ1) is 10.3. The van der Waals surface area contributed by atoms with Gasteiger partial charge in [-0.05, 0) is 31.0 Å². The minimum Gasteiger partial charge on any atom is -0.369 e. The minimum atomic E-state index is 0.503. The molecule has 21 heavy (non-hydrogen) atoms. The van der Waals surface area contributed by atoms with Crippen LogP contribution in [0.4, 0.5) is 5.95 Å². The number of hydrogen-bond donors (Lipinski definition) is 1. The first-order valence-corrected chi connectivity index (χ1v) is 6.89. The Morgan fingerprint density at radius 1 is 1.24 bits per heavy atom. The van der Waals surface area contributed by atoms with Gasteiger partial charge in [0.1, 0.15) is 0 Å². The lowest BCUT2D eigenvalue weighted by Gasteiger charge is -2.07. The zero-order valence-corrected chi connectivity index (χ0v) is 11.6. The Bertz CT molecular complexity index is 778. The molecule has 2 N–H and O–H groups in total. The molecule has 6 heteroatoms. The summed E-state index contributed by atoms with van der Waals surface area (Å²) in [5.74, 6) is 0.503. The first-order valence-electron chi connectivity index (χ1n) is 6.89. The molecule has 3 aromatic rings. The molecule has 2 heterocycles. The summed E-state index contributed by atoms with van der Waals surface area (Å²) >= 11 is 0. The molecule has 0 atom stereocenters. The van der Waals surface area contributed by atoms with Crippen LogP contribution in [-0.2, 0) is 13.1 Å². The van der Waals surface area contributed by atoms with E-state index >= 15 is 0 Å². The number of rotatable bonds is 5. The number of aryl methyl sites for hydroxylation is 2. The second-order valence-corrected chi connectivity index (χ2v) is 4.94. The molecule has 0 unspecified atom stereocenters. The van der Waals surface area contributed by atoms with E-state index in [0.29, 0.717) is 11.5 Å². The quantitative estimate of drug-likeness (QED) is 0.726. The smallest absolute Gasteiger partial charge is 0.201 e. The molecule has 0 saturated heterocycles. The van der Waals surface area contributed by atoms with Crippen LogP contribution in [0, 0.1) is 11.3 Å². The van der Waals surface area contributed by atoms with Crippen molar-refractivity contribution in [3.63, 3.8) is 0 Å². The number of anilines is 1. The van der Waals surface area contributed by atoms with Gasteiger partial charge in [0.25, 0.3) is 0 Å². The maximum atomic E-state index is 8.99. The van der Waals surface area contributed by atoms with Crippen molar-refractivity contribution in [2.75, 3.05) is 5.73 Å². The molecule has 6 nitrogen and oxygen atoms in total. The number of nitrogens with zero attached hydrogens (tertiary/aromatic N) is 5. The van der Waals surface area contributed by atoms with Crippen LogP contribution in [-0.4, -0.2) is 19.1 Å². The zero-order chi connectivity index (χ0) is 14.7. The Balaban J connectivity index is 1.71. The van der Waals surface area contributed by atoms with E-state index in [4.69, 9.17) is 11.0 Å². The number of fused-ring (bicyclic) bond motifs is 1. The first kappa shape index (κ1) is 13.2. The zero-order valence-electron chi connectivity index (χ0n) is 11.6. The van der Waals surface area contributed by atoms with Gasteiger partial charge in [0.2, 0.25) is 5.95 Å². The van der Waals surface area contributed by atoms with Crippen molar-refractivity contribution in [2.24, 2.45) is 0 Å². The molecule has 1 aromatic carbocycles. The lowest BCUT2D eigenvalue weighted by molar-refractivity contribution is 0.562. The lowest BCUT2D eigenvalue weighted by atomic mass is 10.2. The molecule has 0 aliphatic rings. The third kappa shape index (κ3) is 2.72. The molecule has 2 aromatic heterocycles. The van der Waals surface area contributed by atoms with Crippen LogP contribution in [0.3, 0.4) is 0 Å². The largest absolute Gasteiger partial charge is 0.369 e. The molecule has 0 saturated carbocycles. The summed E-state index contributed by atoms with van der Waals surface area (Å²) in [6.45, 7) is 1.74. The predicted octanol–water partition coefficient (Wildman–Crippen LogP) is 2.17. The van der Waals surface area contributed by atoms with E-state index in [9.17, 15) is 0 Å². The fourth-order valence-electron chi connectivity index (χ4n) is 2.43. The number of imidazole rings is 2. The average molecular weight is 280 g/mol. The second kappa shape index (κ2) is 5.67. The van der Waals surface area contributed by atoms with Gasteiger partial charge in [0, 0.05) is 25.5 Å². The molecular formula is C15H16N6. The van der Waals surface area contributed by atoms with Crippen LogP contribution in [0.1, 0.15) is 18.4 Å². The summed E-state index contributed by atoms with van der Waals surface area (Å²) in [4.78, 5) is 8.36. The van der Waals surface area contributed by atoms with Gasteiger partial charge in [-0.25, -0.2) is 9.97 Å².